The third kappa shape index (κ3) is 4.46. The molecule has 0 radical (unpaired) electrons. The number of anilines is 2. The number of nitrogens with zero attached hydrogens (tertiary/aromatic N) is 1. The van der Waals surface area contributed by atoms with Gasteiger partial charge in [0.1, 0.15) is 5.75 Å². The Morgan fingerprint density at radius 3 is 2.46 bits per heavy atom. The number of rotatable bonds is 7. The van der Waals surface area contributed by atoms with Crippen molar-refractivity contribution < 1.29 is 28.7 Å². The summed E-state index contributed by atoms with van der Waals surface area (Å²) in [4.78, 5) is 53.3. The number of hydrogen-bond acceptors (Lipinski definition) is 6. The van der Waals surface area contributed by atoms with Crippen molar-refractivity contribution in [1.82, 2.24) is 0 Å². The van der Waals surface area contributed by atoms with Gasteiger partial charge in [-0.25, -0.2) is 4.79 Å². The summed E-state index contributed by atoms with van der Waals surface area (Å²) >= 11 is 0. The minimum atomic E-state index is -0.721. The predicted octanol–water partition coefficient (Wildman–Crippen LogP) is 4.42. The molecule has 2 bridgehead atoms. The van der Waals surface area contributed by atoms with E-state index in [4.69, 9.17) is 9.47 Å². The van der Waals surface area contributed by atoms with Crippen LogP contribution >= 0.6 is 0 Å². The lowest BCUT2D eigenvalue weighted by molar-refractivity contribution is -0.123. The Morgan fingerprint density at radius 1 is 0.897 bits per heavy atom. The third-order valence-electron chi connectivity index (χ3n) is 8.27. The van der Waals surface area contributed by atoms with Crippen molar-refractivity contribution in [2.24, 2.45) is 23.7 Å². The van der Waals surface area contributed by atoms with Crippen LogP contribution in [0, 0.1) is 23.7 Å². The number of fused-ring (bicyclic) bond motifs is 5. The van der Waals surface area contributed by atoms with Gasteiger partial charge < -0.3 is 14.8 Å². The molecule has 0 spiro atoms. The topological polar surface area (TPSA) is 102 Å². The molecule has 6 rings (SSSR count). The van der Waals surface area contributed by atoms with Gasteiger partial charge in [0, 0.05) is 11.8 Å². The van der Waals surface area contributed by atoms with Crippen molar-refractivity contribution in [1.29, 1.82) is 0 Å². The van der Waals surface area contributed by atoms with E-state index in [-0.39, 0.29) is 47.0 Å². The molecule has 0 unspecified atom stereocenters. The summed E-state index contributed by atoms with van der Waals surface area (Å²) in [6, 6.07) is 23.3. The molecular formula is C31H28N2O6. The van der Waals surface area contributed by atoms with Gasteiger partial charge in [0.25, 0.3) is 5.91 Å². The quantitative estimate of drug-likeness (QED) is 0.363. The fraction of sp³-hybridized carbons (Fsp3) is 0.290. The normalized spacial score (nSPS) is 24.9. The van der Waals surface area contributed by atoms with E-state index < -0.39 is 18.5 Å². The Kier molecular flexibility index (Phi) is 6.38. The summed E-state index contributed by atoms with van der Waals surface area (Å²) in [6.45, 7) is -0.490. The molecule has 2 aliphatic carbocycles. The molecule has 8 heteroatoms. The molecule has 1 heterocycles. The molecule has 5 atom stereocenters. The highest BCUT2D eigenvalue weighted by atomic mass is 16.5. The number of carbonyl (C=O) groups excluding carboxylic acids is 4. The number of carbonyl (C=O) groups is 4. The van der Waals surface area contributed by atoms with Gasteiger partial charge in [0.05, 0.1) is 30.2 Å². The largest absolute Gasteiger partial charge is 0.497 e. The molecule has 39 heavy (non-hydrogen) atoms. The third-order valence-corrected chi connectivity index (χ3v) is 8.27. The lowest BCUT2D eigenvalue weighted by Crippen LogP contribution is -2.33. The van der Waals surface area contributed by atoms with E-state index in [0.717, 1.165) is 12.8 Å². The second kappa shape index (κ2) is 10.0. The van der Waals surface area contributed by atoms with Crippen LogP contribution in [0.4, 0.5) is 11.4 Å². The highest BCUT2D eigenvalue weighted by molar-refractivity contribution is 6.23. The number of methoxy groups -OCH3 is 1. The van der Waals surface area contributed by atoms with Gasteiger partial charge >= 0.3 is 5.97 Å². The van der Waals surface area contributed by atoms with E-state index >= 15 is 0 Å². The van der Waals surface area contributed by atoms with E-state index in [1.165, 1.54) is 29.7 Å². The Morgan fingerprint density at radius 2 is 1.67 bits per heavy atom. The zero-order chi connectivity index (χ0) is 27.1. The fourth-order valence-corrected chi connectivity index (χ4v) is 6.68. The summed E-state index contributed by atoms with van der Waals surface area (Å²) in [6.07, 6.45) is 1.80. The van der Waals surface area contributed by atoms with Crippen LogP contribution in [0.5, 0.6) is 5.75 Å². The molecular weight excluding hydrogens is 496 g/mol. The Bertz CT molecular complexity index is 1450. The van der Waals surface area contributed by atoms with Gasteiger partial charge in [-0.3, -0.25) is 19.3 Å². The van der Waals surface area contributed by atoms with Gasteiger partial charge in [-0.2, -0.15) is 0 Å². The maximum absolute atomic E-state index is 13.6. The molecule has 0 aromatic heterocycles. The highest BCUT2D eigenvalue weighted by Gasteiger charge is 2.64. The lowest BCUT2D eigenvalue weighted by atomic mass is 9.73. The monoisotopic (exact) mass is 524 g/mol. The van der Waals surface area contributed by atoms with Crippen molar-refractivity contribution >= 4 is 35.1 Å². The molecule has 8 nitrogen and oxygen atoms in total. The molecule has 1 N–H and O–H groups in total. The average Bonchev–Trinajstić information content (AvgIpc) is 3.63. The molecule has 3 aliphatic rings. The van der Waals surface area contributed by atoms with Crippen LogP contribution in [0.15, 0.2) is 78.9 Å². The van der Waals surface area contributed by atoms with Crippen LogP contribution in [-0.2, 0) is 19.1 Å². The van der Waals surface area contributed by atoms with Crippen molar-refractivity contribution in [2.45, 2.75) is 18.8 Å². The molecule has 1 aliphatic heterocycles. The van der Waals surface area contributed by atoms with E-state index in [9.17, 15) is 19.2 Å². The molecule has 3 fully saturated rings. The Balaban J connectivity index is 1.13. The summed E-state index contributed by atoms with van der Waals surface area (Å²) < 4.78 is 10.3. The van der Waals surface area contributed by atoms with Gasteiger partial charge in [0.15, 0.2) is 6.61 Å². The molecule has 3 aromatic carbocycles. The first-order chi connectivity index (χ1) is 18.9. The maximum Gasteiger partial charge on any atom is 0.338 e. The first-order valence-corrected chi connectivity index (χ1v) is 13.1. The zero-order valence-electron chi connectivity index (χ0n) is 21.4. The van der Waals surface area contributed by atoms with Crippen LogP contribution in [0.2, 0.25) is 0 Å². The number of hydrogen-bond donors (Lipinski definition) is 1. The molecule has 3 amide bonds. The van der Waals surface area contributed by atoms with Gasteiger partial charge in [-0.15, -0.1) is 0 Å². The maximum atomic E-state index is 13.6. The molecule has 1 saturated heterocycles. The summed E-state index contributed by atoms with van der Waals surface area (Å²) in [5.41, 5.74) is 2.25. The second-order valence-corrected chi connectivity index (χ2v) is 10.4. The number of nitrogens with one attached hydrogen (secondary N) is 1. The summed E-state index contributed by atoms with van der Waals surface area (Å²) in [7, 11) is 1.53. The lowest BCUT2D eigenvalue weighted by Gasteiger charge is -2.28. The summed E-state index contributed by atoms with van der Waals surface area (Å²) in [5, 5.41) is 2.65. The summed E-state index contributed by atoms with van der Waals surface area (Å²) in [5.74, 6) is -1.07. The van der Waals surface area contributed by atoms with Crippen molar-refractivity contribution in [2.75, 3.05) is 23.9 Å². The highest BCUT2D eigenvalue weighted by Crippen LogP contribution is 2.61. The minimum Gasteiger partial charge on any atom is -0.497 e. The fourth-order valence-electron chi connectivity index (χ4n) is 6.68. The van der Waals surface area contributed by atoms with E-state index in [2.05, 4.69) is 17.4 Å². The van der Waals surface area contributed by atoms with Crippen LogP contribution in [0.3, 0.4) is 0 Å². The van der Waals surface area contributed by atoms with E-state index in [0.29, 0.717) is 17.1 Å². The second-order valence-electron chi connectivity index (χ2n) is 10.4. The van der Waals surface area contributed by atoms with Gasteiger partial charge in [-0.1, -0.05) is 42.5 Å². The van der Waals surface area contributed by atoms with Gasteiger partial charge in [0.2, 0.25) is 11.8 Å². The number of benzene rings is 3. The molecule has 2 saturated carbocycles. The molecule has 3 aromatic rings. The van der Waals surface area contributed by atoms with Crippen LogP contribution in [0.1, 0.15) is 34.7 Å². The van der Waals surface area contributed by atoms with Crippen LogP contribution in [-0.4, -0.2) is 37.4 Å². The predicted molar refractivity (Wildman–Crippen MR) is 143 cm³/mol. The number of ether oxygens (including phenoxy) is 2. The number of imide groups is 1. The SMILES string of the molecule is COc1cccc(NC(=O)COC(=O)c2cccc(N3C(=O)[C@@H]4[C@@H]5C[C@@H]([C@H]4C3=O)[C@@H](c3ccccc3)C5)c2)c1. The zero-order valence-corrected chi connectivity index (χ0v) is 21.4. The first-order valence-electron chi connectivity index (χ1n) is 13.1. The average molecular weight is 525 g/mol. The van der Waals surface area contributed by atoms with E-state index in [1.54, 1.807) is 36.4 Å². The Hall–Kier alpha value is -4.46. The van der Waals surface area contributed by atoms with Crippen molar-refractivity contribution in [3.05, 3.63) is 90.0 Å². The van der Waals surface area contributed by atoms with Gasteiger partial charge in [-0.05, 0) is 66.5 Å². The molecule has 198 valence electrons. The minimum absolute atomic E-state index is 0.139. The number of esters is 1. The van der Waals surface area contributed by atoms with Crippen LogP contribution in [0.25, 0.3) is 0 Å². The van der Waals surface area contributed by atoms with Crippen molar-refractivity contribution in [3.63, 3.8) is 0 Å². The number of amides is 3. The van der Waals surface area contributed by atoms with E-state index in [1.807, 2.05) is 18.2 Å². The van der Waals surface area contributed by atoms with Crippen LogP contribution < -0.4 is 15.0 Å². The Labute approximate surface area is 225 Å². The smallest absolute Gasteiger partial charge is 0.338 e. The van der Waals surface area contributed by atoms with Crippen molar-refractivity contribution in [3.8, 4) is 5.75 Å². The standard InChI is InChI=1S/C31H28N2O6/c1-38-23-12-6-10-21(16-23)32-26(34)17-39-31(37)19-9-5-11-22(13-19)33-29(35)27-20-14-24(18-7-3-2-4-8-18)25(15-20)28(27)30(33)36/h2-13,16,20,24-25,27-28H,14-15,17H2,1H3,(H,32,34)/t20-,24+,25+,27+,28+/m0/s1. The first kappa shape index (κ1) is 24.9.